The van der Waals surface area contributed by atoms with E-state index in [1.807, 2.05) is 47.3 Å². The zero-order valence-electron chi connectivity index (χ0n) is 16.4. The summed E-state index contributed by atoms with van der Waals surface area (Å²) in [6.07, 6.45) is 3.40. The molecule has 0 fully saturated rings. The molecule has 2 aromatic heterocycles. The summed E-state index contributed by atoms with van der Waals surface area (Å²) in [7, 11) is 1.59. The minimum atomic E-state index is 0.542. The van der Waals surface area contributed by atoms with Crippen molar-refractivity contribution < 1.29 is 4.74 Å². The number of ether oxygens (including phenoxy) is 1. The fourth-order valence-electron chi connectivity index (χ4n) is 3.56. The van der Waals surface area contributed by atoms with E-state index in [0.29, 0.717) is 17.3 Å². The molecule has 0 spiro atoms. The third kappa shape index (κ3) is 3.26. The summed E-state index contributed by atoms with van der Waals surface area (Å²) >= 11 is 0. The zero-order chi connectivity index (χ0) is 20.5. The average molecular weight is 396 g/mol. The first kappa shape index (κ1) is 17.9. The molecule has 7 heteroatoms. The number of aromatic nitrogens is 4. The summed E-state index contributed by atoms with van der Waals surface area (Å²) in [6, 6.07) is 20.1. The summed E-state index contributed by atoms with van der Waals surface area (Å²) in [5.41, 5.74) is 10.6. The molecule has 5 aromatic rings. The molecule has 0 saturated carbocycles. The fraction of sp³-hybridized carbons (Fsp3) is 0.0870. The van der Waals surface area contributed by atoms with Gasteiger partial charge in [0.15, 0.2) is 0 Å². The van der Waals surface area contributed by atoms with Gasteiger partial charge in [-0.25, -0.2) is 9.97 Å². The summed E-state index contributed by atoms with van der Waals surface area (Å²) in [5, 5.41) is 9.81. The van der Waals surface area contributed by atoms with E-state index in [1.165, 1.54) is 11.9 Å². The van der Waals surface area contributed by atoms with Crippen LogP contribution >= 0.6 is 0 Å². The summed E-state index contributed by atoms with van der Waals surface area (Å²) in [5.74, 6) is 1.28. The number of benzene rings is 3. The number of nitrogens with one attached hydrogen (secondary N) is 1. The molecule has 0 aliphatic carbocycles. The Morgan fingerprint density at radius 3 is 2.73 bits per heavy atom. The number of anilines is 3. The molecule has 0 saturated heterocycles. The minimum absolute atomic E-state index is 0.542. The van der Waals surface area contributed by atoms with E-state index in [2.05, 4.69) is 44.6 Å². The van der Waals surface area contributed by atoms with Crippen LogP contribution in [0.4, 0.5) is 17.2 Å². The smallest absolute Gasteiger partial charge is 0.143 e. The van der Waals surface area contributed by atoms with Crippen LogP contribution in [0, 0.1) is 0 Å². The van der Waals surface area contributed by atoms with E-state index in [0.717, 1.165) is 34.0 Å². The zero-order valence-corrected chi connectivity index (χ0v) is 16.4. The number of nitrogens with two attached hydrogens (primary N) is 1. The fourth-order valence-corrected chi connectivity index (χ4v) is 3.56. The molecular weight excluding hydrogens is 376 g/mol. The number of nitrogens with zero attached hydrogens (tertiary/aromatic N) is 4. The van der Waals surface area contributed by atoms with Crippen molar-refractivity contribution >= 4 is 39.0 Å². The van der Waals surface area contributed by atoms with Crippen LogP contribution in [-0.2, 0) is 6.54 Å². The molecule has 3 N–H and O–H groups in total. The second kappa shape index (κ2) is 7.36. The quantitative estimate of drug-likeness (QED) is 0.429. The molecule has 30 heavy (non-hydrogen) atoms. The molecular formula is C23H20N6O. The number of methoxy groups -OCH3 is 1. The van der Waals surface area contributed by atoms with Crippen molar-refractivity contribution in [2.24, 2.45) is 0 Å². The third-order valence-electron chi connectivity index (χ3n) is 5.07. The maximum Gasteiger partial charge on any atom is 0.143 e. The van der Waals surface area contributed by atoms with E-state index in [1.54, 1.807) is 7.11 Å². The lowest BCUT2D eigenvalue weighted by Crippen LogP contribution is -2.01. The van der Waals surface area contributed by atoms with Gasteiger partial charge in [0.2, 0.25) is 0 Å². The van der Waals surface area contributed by atoms with Gasteiger partial charge in [0.05, 0.1) is 36.6 Å². The molecule has 0 unspecified atom stereocenters. The van der Waals surface area contributed by atoms with Crippen LogP contribution in [0.2, 0.25) is 0 Å². The van der Waals surface area contributed by atoms with Gasteiger partial charge in [0, 0.05) is 22.5 Å². The van der Waals surface area contributed by atoms with Crippen molar-refractivity contribution in [3.05, 3.63) is 78.8 Å². The first-order valence-corrected chi connectivity index (χ1v) is 9.56. The molecule has 0 aliphatic rings. The molecule has 148 valence electrons. The maximum absolute atomic E-state index is 6.08. The topological polar surface area (TPSA) is 90.9 Å². The van der Waals surface area contributed by atoms with Crippen LogP contribution in [0.5, 0.6) is 5.75 Å². The van der Waals surface area contributed by atoms with Crippen LogP contribution in [0.15, 0.2) is 73.2 Å². The van der Waals surface area contributed by atoms with E-state index in [-0.39, 0.29) is 0 Å². The summed E-state index contributed by atoms with van der Waals surface area (Å²) in [6.45, 7) is 0.731. The van der Waals surface area contributed by atoms with Gasteiger partial charge >= 0.3 is 0 Å². The second-order valence-electron chi connectivity index (χ2n) is 7.02. The number of hydrogen-bond acceptors (Lipinski definition) is 6. The van der Waals surface area contributed by atoms with Gasteiger partial charge in [0.25, 0.3) is 0 Å². The summed E-state index contributed by atoms with van der Waals surface area (Å²) in [4.78, 5) is 8.73. The minimum Gasteiger partial charge on any atom is -0.495 e. The average Bonchev–Trinajstić information content (AvgIpc) is 3.16. The van der Waals surface area contributed by atoms with Crippen molar-refractivity contribution in [1.29, 1.82) is 0 Å². The molecule has 0 atom stereocenters. The van der Waals surface area contributed by atoms with E-state index in [9.17, 15) is 0 Å². The van der Waals surface area contributed by atoms with Crippen LogP contribution in [-0.4, -0.2) is 26.9 Å². The van der Waals surface area contributed by atoms with Crippen LogP contribution < -0.4 is 15.8 Å². The highest BCUT2D eigenvalue weighted by Crippen LogP contribution is 2.31. The predicted octanol–water partition coefficient (Wildman–Crippen LogP) is 4.36. The number of hydrogen-bond donors (Lipinski definition) is 2. The summed E-state index contributed by atoms with van der Waals surface area (Å²) < 4.78 is 7.29. The number of fused-ring (bicyclic) bond motifs is 2. The molecule has 0 radical (unpaired) electrons. The van der Waals surface area contributed by atoms with Crippen LogP contribution in [0.3, 0.4) is 0 Å². The molecule has 0 amide bonds. The largest absolute Gasteiger partial charge is 0.495 e. The van der Waals surface area contributed by atoms with Crippen molar-refractivity contribution in [3.63, 3.8) is 0 Å². The Labute approximate surface area is 173 Å². The Bertz CT molecular complexity index is 1350. The van der Waals surface area contributed by atoms with Gasteiger partial charge in [-0.15, -0.1) is 0 Å². The molecule has 5 rings (SSSR count). The lowest BCUT2D eigenvalue weighted by molar-refractivity contribution is 0.417. The lowest BCUT2D eigenvalue weighted by Gasteiger charge is -2.11. The monoisotopic (exact) mass is 396 g/mol. The number of rotatable bonds is 5. The standard InChI is InChI=1S/C23H20N6O/c1-30-22-11-20-18(10-19(22)24)23(26-14-25-20)28-17-7-8-21-16(9-17)12-27-29(21)13-15-5-3-2-4-6-15/h2-12,14H,13,24H2,1H3,(H,25,26,28). The van der Waals surface area contributed by atoms with E-state index in [4.69, 9.17) is 10.5 Å². The third-order valence-corrected chi connectivity index (χ3v) is 5.07. The normalized spacial score (nSPS) is 11.1. The Hall–Kier alpha value is -4.13. The predicted molar refractivity (Wildman–Crippen MR) is 119 cm³/mol. The van der Waals surface area contributed by atoms with Crippen LogP contribution in [0.1, 0.15) is 5.56 Å². The lowest BCUT2D eigenvalue weighted by atomic mass is 10.2. The van der Waals surface area contributed by atoms with Gasteiger partial charge in [-0.3, -0.25) is 4.68 Å². The Morgan fingerprint density at radius 1 is 1.03 bits per heavy atom. The highest BCUT2D eigenvalue weighted by Gasteiger charge is 2.10. The van der Waals surface area contributed by atoms with E-state index >= 15 is 0 Å². The maximum atomic E-state index is 6.08. The highest BCUT2D eigenvalue weighted by molar-refractivity contribution is 5.95. The van der Waals surface area contributed by atoms with Crippen LogP contribution in [0.25, 0.3) is 21.8 Å². The molecule has 2 heterocycles. The first-order chi connectivity index (χ1) is 14.7. The second-order valence-corrected chi connectivity index (χ2v) is 7.02. The highest BCUT2D eigenvalue weighted by atomic mass is 16.5. The first-order valence-electron chi connectivity index (χ1n) is 9.56. The molecule has 0 bridgehead atoms. The Morgan fingerprint density at radius 2 is 1.90 bits per heavy atom. The van der Waals surface area contributed by atoms with E-state index < -0.39 is 0 Å². The molecule has 0 aliphatic heterocycles. The molecule has 3 aromatic carbocycles. The van der Waals surface area contributed by atoms with Crippen molar-refractivity contribution in [2.45, 2.75) is 6.54 Å². The van der Waals surface area contributed by atoms with Gasteiger partial charge in [-0.2, -0.15) is 5.10 Å². The van der Waals surface area contributed by atoms with Crippen molar-refractivity contribution in [2.75, 3.05) is 18.2 Å². The number of nitrogen functional groups attached to an aromatic ring is 1. The van der Waals surface area contributed by atoms with Gasteiger partial charge < -0.3 is 15.8 Å². The van der Waals surface area contributed by atoms with Gasteiger partial charge in [-0.1, -0.05) is 30.3 Å². The van der Waals surface area contributed by atoms with Gasteiger partial charge in [-0.05, 0) is 29.8 Å². The van der Waals surface area contributed by atoms with Gasteiger partial charge in [0.1, 0.15) is 17.9 Å². The Kier molecular flexibility index (Phi) is 4.40. The SMILES string of the molecule is COc1cc2ncnc(Nc3ccc4c(cnn4Cc4ccccc4)c3)c2cc1N. The van der Waals surface area contributed by atoms with Crippen molar-refractivity contribution in [3.8, 4) is 5.75 Å². The van der Waals surface area contributed by atoms with Crippen molar-refractivity contribution in [1.82, 2.24) is 19.7 Å². The molecule has 7 nitrogen and oxygen atoms in total. The Balaban J connectivity index is 1.47.